The Bertz CT molecular complexity index is 869. The Labute approximate surface area is 163 Å². The van der Waals surface area contributed by atoms with E-state index in [2.05, 4.69) is 0 Å². The van der Waals surface area contributed by atoms with E-state index in [9.17, 15) is 18.8 Å². The first-order valence-electron chi connectivity index (χ1n) is 9.22. The number of allylic oxidation sites excluding steroid dienone is 2. The second-order valence-corrected chi connectivity index (χ2v) is 8.92. The number of benzene rings is 1. The first-order chi connectivity index (χ1) is 12.9. The van der Waals surface area contributed by atoms with Gasteiger partial charge < -0.3 is 4.74 Å². The van der Waals surface area contributed by atoms with Crippen LogP contribution >= 0.6 is 0 Å². The molecule has 152 valence electrons. The van der Waals surface area contributed by atoms with E-state index in [1.807, 2.05) is 13.8 Å². The molecule has 0 unspecified atom stereocenters. The maximum absolute atomic E-state index is 14.1. The van der Waals surface area contributed by atoms with Crippen LogP contribution in [0.4, 0.5) is 13.6 Å². The van der Waals surface area contributed by atoms with Gasteiger partial charge in [-0.3, -0.25) is 15.2 Å². The lowest BCUT2D eigenvalue weighted by Gasteiger charge is -2.30. The van der Waals surface area contributed by atoms with Crippen LogP contribution in [0.5, 0.6) is 0 Å². The number of halogens is 2. The van der Waals surface area contributed by atoms with Gasteiger partial charge in [-0.2, -0.15) is 0 Å². The number of carbonyl (C=O) groups excluding carboxylic acids is 1. The highest BCUT2D eigenvalue weighted by Gasteiger charge is 2.43. The van der Waals surface area contributed by atoms with Gasteiger partial charge in [-0.1, -0.05) is 19.9 Å². The highest BCUT2D eigenvalue weighted by Crippen LogP contribution is 2.43. The van der Waals surface area contributed by atoms with Gasteiger partial charge in [0.2, 0.25) is 0 Å². The molecule has 0 aromatic heterocycles. The van der Waals surface area contributed by atoms with E-state index >= 15 is 0 Å². The van der Waals surface area contributed by atoms with Gasteiger partial charge in [0.25, 0.3) is 0 Å². The van der Waals surface area contributed by atoms with Crippen molar-refractivity contribution in [3.8, 4) is 0 Å². The summed E-state index contributed by atoms with van der Waals surface area (Å²) in [5.41, 5.74) is 1.29. The van der Waals surface area contributed by atoms with Crippen molar-refractivity contribution in [3.63, 3.8) is 0 Å². The van der Waals surface area contributed by atoms with Crippen molar-refractivity contribution in [3.05, 3.63) is 58.4 Å². The molecule has 0 saturated heterocycles. The quantitative estimate of drug-likeness (QED) is 0.798. The Morgan fingerprint density at radius 1 is 1.29 bits per heavy atom. The molecule has 1 N–H and O–H groups in total. The molecule has 1 aromatic rings. The molecule has 0 bridgehead atoms. The number of amides is 1. The molecule has 2 aliphatic heterocycles. The molecule has 7 heteroatoms. The van der Waals surface area contributed by atoms with Crippen molar-refractivity contribution in [1.82, 2.24) is 9.96 Å². The third-order valence-electron chi connectivity index (χ3n) is 4.91. The summed E-state index contributed by atoms with van der Waals surface area (Å²) in [6.07, 6.45) is 1.29. The van der Waals surface area contributed by atoms with Gasteiger partial charge in [0.05, 0.1) is 12.2 Å². The predicted octanol–water partition coefficient (Wildman–Crippen LogP) is 4.63. The van der Waals surface area contributed by atoms with Crippen molar-refractivity contribution < 1.29 is 23.5 Å². The molecule has 1 aromatic carbocycles. The number of carbonyl (C=O) groups is 1. The Hall–Kier alpha value is -2.41. The van der Waals surface area contributed by atoms with Gasteiger partial charge in [0, 0.05) is 30.1 Å². The summed E-state index contributed by atoms with van der Waals surface area (Å²) in [4.78, 5) is 14.3. The predicted molar refractivity (Wildman–Crippen MR) is 100 cm³/mol. The number of ether oxygens (including phenoxy) is 1. The summed E-state index contributed by atoms with van der Waals surface area (Å²) in [6.45, 7) is 10.0. The zero-order valence-corrected chi connectivity index (χ0v) is 16.8. The van der Waals surface area contributed by atoms with E-state index in [0.29, 0.717) is 17.9 Å². The SMILES string of the molecule is CC(C)(C)OC(=O)N1CC(C)(C)C2=C1C=C(Cc1ccc(F)cc1F)N(O)C2. The van der Waals surface area contributed by atoms with Crippen LogP contribution < -0.4 is 0 Å². The van der Waals surface area contributed by atoms with Gasteiger partial charge in [0.1, 0.15) is 17.2 Å². The van der Waals surface area contributed by atoms with Crippen LogP contribution in [0.1, 0.15) is 40.2 Å². The van der Waals surface area contributed by atoms with E-state index in [-0.39, 0.29) is 23.9 Å². The Balaban J connectivity index is 1.94. The Kier molecular flexibility index (Phi) is 5.00. The summed E-state index contributed by atoms with van der Waals surface area (Å²) in [5, 5.41) is 11.5. The minimum atomic E-state index is -0.676. The minimum absolute atomic E-state index is 0.0714. The summed E-state index contributed by atoms with van der Waals surface area (Å²) >= 11 is 0. The maximum atomic E-state index is 14.1. The topological polar surface area (TPSA) is 53.0 Å². The van der Waals surface area contributed by atoms with Crippen molar-refractivity contribution in [2.24, 2.45) is 5.41 Å². The summed E-state index contributed by atoms with van der Waals surface area (Å²) in [5.74, 6) is -1.33. The van der Waals surface area contributed by atoms with Gasteiger partial charge in [-0.05, 0) is 44.1 Å². The molecule has 3 rings (SSSR count). The molecule has 0 atom stereocenters. The van der Waals surface area contributed by atoms with E-state index in [1.54, 1.807) is 31.7 Å². The van der Waals surface area contributed by atoms with Crippen LogP contribution in [-0.2, 0) is 11.2 Å². The van der Waals surface area contributed by atoms with Gasteiger partial charge in [-0.15, -0.1) is 0 Å². The van der Waals surface area contributed by atoms with E-state index in [4.69, 9.17) is 4.74 Å². The van der Waals surface area contributed by atoms with Gasteiger partial charge >= 0.3 is 6.09 Å². The van der Waals surface area contributed by atoms with Crippen LogP contribution in [0, 0.1) is 17.0 Å². The lowest BCUT2D eigenvalue weighted by molar-refractivity contribution is -0.0531. The molecule has 1 amide bonds. The Morgan fingerprint density at radius 3 is 2.57 bits per heavy atom. The van der Waals surface area contributed by atoms with Crippen LogP contribution in [0.2, 0.25) is 0 Å². The highest BCUT2D eigenvalue weighted by atomic mass is 19.1. The lowest BCUT2D eigenvalue weighted by Crippen LogP contribution is -2.36. The fourth-order valence-corrected chi connectivity index (χ4v) is 3.51. The molecule has 0 aliphatic carbocycles. The second-order valence-electron chi connectivity index (χ2n) is 8.92. The van der Waals surface area contributed by atoms with Crippen LogP contribution in [0.3, 0.4) is 0 Å². The minimum Gasteiger partial charge on any atom is -0.443 e. The molecular weight excluding hydrogens is 366 g/mol. The molecule has 2 heterocycles. The molecule has 0 saturated carbocycles. The molecule has 28 heavy (non-hydrogen) atoms. The standard InChI is InChI=1S/C21H26F2N2O3/c1-20(2,3)28-19(26)24-12-21(4,5)16-11-25(27)15(10-18(16)24)8-13-6-7-14(22)9-17(13)23/h6-7,9-10,27H,8,11-12H2,1-5H3. The van der Waals surface area contributed by atoms with E-state index in [1.165, 1.54) is 12.1 Å². The fraction of sp³-hybridized carbons (Fsp3) is 0.476. The number of nitrogens with zero attached hydrogens (tertiary/aromatic N) is 2. The lowest BCUT2D eigenvalue weighted by atomic mass is 9.84. The first-order valence-corrected chi connectivity index (χ1v) is 9.22. The zero-order valence-electron chi connectivity index (χ0n) is 16.8. The summed E-state index contributed by atoms with van der Waals surface area (Å²) in [6, 6.07) is 3.35. The van der Waals surface area contributed by atoms with Gasteiger partial charge in [0.15, 0.2) is 0 Å². The molecule has 5 nitrogen and oxygen atoms in total. The van der Waals surface area contributed by atoms with E-state index in [0.717, 1.165) is 16.7 Å². The maximum Gasteiger partial charge on any atom is 0.414 e. The number of rotatable bonds is 2. The number of hydrogen-bond donors (Lipinski definition) is 1. The van der Waals surface area contributed by atoms with Crippen LogP contribution in [-0.4, -0.2) is 40.0 Å². The summed E-state index contributed by atoms with van der Waals surface area (Å²) in [7, 11) is 0. The summed E-state index contributed by atoms with van der Waals surface area (Å²) < 4.78 is 32.7. The molecular formula is C21H26F2N2O3. The largest absolute Gasteiger partial charge is 0.443 e. The number of hydroxylamine groups is 2. The third-order valence-corrected chi connectivity index (χ3v) is 4.91. The van der Waals surface area contributed by atoms with Gasteiger partial charge in [-0.25, -0.2) is 13.6 Å². The Morgan fingerprint density at radius 2 is 1.96 bits per heavy atom. The first kappa shape index (κ1) is 20.3. The van der Waals surface area contributed by atoms with Crippen LogP contribution in [0.15, 0.2) is 41.2 Å². The number of hydrogen-bond acceptors (Lipinski definition) is 4. The normalized spacial score (nSPS) is 18.9. The monoisotopic (exact) mass is 392 g/mol. The second kappa shape index (κ2) is 6.88. The third kappa shape index (κ3) is 4.04. The van der Waals surface area contributed by atoms with Crippen molar-refractivity contribution in [2.45, 2.75) is 46.6 Å². The van der Waals surface area contributed by atoms with Crippen molar-refractivity contribution in [2.75, 3.05) is 13.1 Å². The molecule has 0 spiro atoms. The highest BCUT2D eigenvalue weighted by molar-refractivity contribution is 5.73. The molecule has 0 fully saturated rings. The van der Waals surface area contributed by atoms with Crippen molar-refractivity contribution >= 4 is 6.09 Å². The zero-order chi connectivity index (χ0) is 20.9. The van der Waals surface area contributed by atoms with Crippen molar-refractivity contribution in [1.29, 1.82) is 0 Å². The average Bonchev–Trinajstić information content (AvgIpc) is 2.80. The van der Waals surface area contributed by atoms with Crippen LogP contribution in [0.25, 0.3) is 0 Å². The average molecular weight is 392 g/mol. The fourth-order valence-electron chi connectivity index (χ4n) is 3.51. The van der Waals surface area contributed by atoms with E-state index < -0.39 is 23.3 Å². The smallest absolute Gasteiger partial charge is 0.414 e. The molecule has 2 aliphatic rings. The molecule has 0 radical (unpaired) electrons.